The fourth-order valence-electron chi connectivity index (χ4n) is 2.70. The Morgan fingerprint density at radius 2 is 1.65 bits per heavy atom. The molecule has 0 fully saturated rings. The highest BCUT2D eigenvalue weighted by Crippen LogP contribution is 2.21. The summed E-state index contributed by atoms with van der Waals surface area (Å²) < 4.78 is 38.5. The molecule has 0 aromatic heterocycles. The molecule has 0 radical (unpaired) electrons. The molecule has 0 saturated heterocycles. The van der Waals surface area contributed by atoms with Crippen molar-refractivity contribution in [1.29, 1.82) is 0 Å². The lowest BCUT2D eigenvalue weighted by molar-refractivity contribution is -0.121. The van der Waals surface area contributed by atoms with Gasteiger partial charge in [0.25, 0.3) is 0 Å². The summed E-state index contributed by atoms with van der Waals surface area (Å²) in [6.45, 7) is 3.87. The van der Waals surface area contributed by atoms with E-state index in [0.717, 1.165) is 28.3 Å². The van der Waals surface area contributed by atoms with Gasteiger partial charge in [-0.25, -0.2) is 12.8 Å². The maximum absolute atomic E-state index is 13.1. The van der Waals surface area contributed by atoms with E-state index in [0.29, 0.717) is 6.54 Å². The molecule has 0 heterocycles. The normalized spacial score (nSPS) is 13.7. The van der Waals surface area contributed by atoms with Crippen LogP contribution in [0.4, 0.5) is 10.1 Å². The number of carbonyl (C=O) groups is 1. The third kappa shape index (κ3) is 5.05. The first-order valence-electron chi connectivity index (χ1n) is 8.27. The topological polar surface area (TPSA) is 66.5 Å². The van der Waals surface area contributed by atoms with Crippen LogP contribution in [0.3, 0.4) is 0 Å². The molecule has 0 saturated carbocycles. The molecule has 0 unspecified atom stereocenters. The summed E-state index contributed by atoms with van der Waals surface area (Å²) in [6, 6.07) is 13.8. The van der Waals surface area contributed by atoms with Gasteiger partial charge in [0.15, 0.2) is 0 Å². The molecular formula is C19H23FN2O3S. The van der Waals surface area contributed by atoms with Gasteiger partial charge in [-0.05, 0) is 42.7 Å². The molecule has 0 spiro atoms. The van der Waals surface area contributed by atoms with E-state index in [1.165, 1.54) is 19.1 Å². The third-order valence-corrected chi connectivity index (χ3v) is 5.36. The Balaban J connectivity index is 2.11. The van der Waals surface area contributed by atoms with Crippen LogP contribution in [0.25, 0.3) is 0 Å². The second kappa shape index (κ2) is 8.31. The lowest BCUT2D eigenvalue weighted by Gasteiger charge is -2.28. The zero-order valence-electron chi connectivity index (χ0n) is 15.0. The van der Waals surface area contributed by atoms with Crippen molar-refractivity contribution in [2.45, 2.75) is 25.8 Å². The van der Waals surface area contributed by atoms with Crippen LogP contribution in [0, 0.1) is 5.82 Å². The molecule has 7 heteroatoms. The molecule has 2 aromatic rings. The Hall–Kier alpha value is -2.41. The highest BCUT2D eigenvalue weighted by molar-refractivity contribution is 7.92. The van der Waals surface area contributed by atoms with Gasteiger partial charge in [-0.2, -0.15) is 0 Å². The molecule has 0 bridgehead atoms. The van der Waals surface area contributed by atoms with E-state index >= 15 is 0 Å². The van der Waals surface area contributed by atoms with Crippen LogP contribution in [0.15, 0.2) is 54.6 Å². The summed E-state index contributed by atoms with van der Waals surface area (Å²) in [4.78, 5) is 12.5. The van der Waals surface area contributed by atoms with Crippen molar-refractivity contribution in [3.8, 4) is 0 Å². The number of rotatable bonds is 7. The van der Waals surface area contributed by atoms with Crippen molar-refractivity contribution < 1.29 is 17.6 Å². The Morgan fingerprint density at radius 1 is 1.08 bits per heavy atom. The fraction of sp³-hybridized carbons (Fsp3) is 0.316. The van der Waals surface area contributed by atoms with Gasteiger partial charge in [0.2, 0.25) is 15.9 Å². The highest BCUT2D eigenvalue weighted by atomic mass is 32.2. The van der Waals surface area contributed by atoms with Crippen LogP contribution < -0.4 is 9.62 Å². The van der Waals surface area contributed by atoms with Crippen molar-refractivity contribution in [2.75, 3.05) is 17.1 Å². The van der Waals surface area contributed by atoms with Crippen molar-refractivity contribution >= 4 is 21.6 Å². The zero-order chi connectivity index (χ0) is 19.3. The minimum Gasteiger partial charge on any atom is -0.354 e. The summed E-state index contributed by atoms with van der Waals surface area (Å²) in [6.07, 6.45) is 1.02. The van der Waals surface area contributed by atoms with Gasteiger partial charge in [-0.1, -0.05) is 37.3 Å². The predicted molar refractivity (Wildman–Crippen MR) is 101 cm³/mol. The number of hydrogen-bond acceptors (Lipinski definition) is 3. The van der Waals surface area contributed by atoms with Crippen LogP contribution in [0.5, 0.6) is 0 Å². The number of benzene rings is 2. The van der Waals surface area contributed by atoms with Crippen molar-refractivity contribution in [3.63, 3.8) is 0 Å². The van der Waals surface area contributed by atoms with Gasteiger partial charge in [-0.3, -0.25) is 9.10 Å². The summed E-state index contributed by atoms with van der Waals surface area (Å²) in [5.41, 5.74) is 1.33. The van der Waals surface area contributed by atoms with Crippen LogP contribution in [0.2, 0.25) is 0 Å². The van der Waals surface area contributed by atoms with E-state index in [-0.39, 0.29) is 11.6 Å². The molecule has 140 valence electrons. The molecule has 1 amide bonds. The Morgan fingerprint density at radius 3 is 2.19 bits per heavy atom. The lowest BCUT2D eigenvalue weighted by Crippen LogP contribution is -2.48. The molecule has 0 aliphatic carbocycles. The maximum Gasteiger partial charge on any atom is 0.243 e. The number of sulfonamides is 1. The largest absolute Gasteiger partial charge is 0.354 e. The first kappa shape index (κ1) is 19.9. The molecular weight excluding hydrogens is 355 g/mol. The van der Waals surface area contributed by atoms with Crippen LogP contribution in [-0.2, 0) is 14.8 Å². The number of amides is 1. The second-order valence-electron chi connectivity index (χ2n) is 6.27. The fourth-order valence-corrected chi connectivity index (χ4v) is 3.87. The number of nitrogens with zero attached hydrogens (tertiary/aromatic N) is 1. The van der Waals surface area contributed by atoms with Crippen molar-refractivity contribution in [3.05, 3.63) is 66.0 Å². The first-order valence-corrected chi connectivity index (χ1v) is 10.1. The molecule has 0 aliphatic rings. The molecule has 2 aromatic carbocycles. The average Bonchev–Trinajstić information content (AvgIpc) is 2.60. The number of nitrogens with one attached hydrogen (secondary N) is 1. The molecule has 2 rings (SSSR count). The molecule has 5 nitrogen and oxygen atoms in total. The summed E-state index contributed by atoms with van der Waals surface area (Å²) in [5, 5.41) is 2.80. The van der Waals surface area contributed by atoms with E-state index in [1.807, 2.05) is 37.3 Å². The van der Waals surface area contributed by atoms with Crippen LogP contribution in [0.1, 0.15) is 25.3 Å². The van der Waals surface area contributed by atoms with Crippen LogP contribution in [-0.4, -0.2) is 33.2 Å². The molecule has 2 atom stereocenters. The first-order chi connectivity index (χ1) is 12.2. The number of hydrogen-bond donors (Lipinski definition) is 1. The summed E-state index contributed by atoms with van der Waals surface area (Å²) in [5.74, 6) is -0.802. The molecule has 1 N–H and O–H groups in total. The van der Waals surface area contributed by atoms with E-state index in [2.05, 4.69) is 5.32 Å². The predicted octanol–water partition coefficient (Wildman–Crippen LogP) is 2.90. The van der Waals surface area contributed by atoms with E-state index in [9.17, 15) is 17.6 Å². The SMILES string of the molecule is C[C@H](CNC(=O)[C@H](C)N(c1ccc(F)cc1)S(C)(=O)=O)c1ccccc1. The van der Waals surface area contributed by atoms with Gasteiger partial charge in [0, 0.05) is 6.54 Å². The number of halogens is 1. The van der Waals surface area contributed by atoms with E-state index in [1.54, 1.807) is 0 Å². The van der Waals surface area contributed by atoms with Crippen molar-refractivity contribution in [1.82, 2.24) is 5.32 Å². The highest BCUT2D eigenvalue weighted by Gasteiger charge is 2.29. The number of carbonyl (C=O) groups excluding carboxylic acids is 1. The smallest absolute Gasteiger partial charge is 0.243 e. The van der Waals surface area contributed by atoms with Gasteiger partial charge in [-0.15, -0.1) is 0 Å². The quantitative estimate of drug-likeness (QED) is 0.806. The van der Waals surface area contributed by atoms with Gasteiger partial charge in [0.1, 0.15) is 11.9 Å². The summed E-state index contributed by atoms with van der Waals surface area (Å²) in [7, 11) is -3.72. The maximum atomic E-state index is 13.1. The second-order valence-corrected chi connectivity index (χ2v) is 8.13. The standard InChI is InChI=1S/C19H23FN2O3S/c1-14(16-7-5-4-6-8-16)13-21-19(23)15(2)22(26(3,24)25)18-11-9-17(20)10-12-18/h4-12,14-15H,13H2,1-3H3,(H,21,23)/t14-,15+/m1/s1. The minimum absolute atomic E-state index is 0.0878. The Labute approximate surface area is 153 Å². The average molecular weight is 378 g/mol. The Bertz CT molecular complexity index is 839. The lowest BCUT2D eigenvalue weighted by atomic mass is 10.0. The number of anilines is 1. The third-order valence-electron chi connectivity index (χ3n) is 4.12. The zero-order valence-corrected chi connectivity index (χ0v) is 15.8. The van der Waals surface area contributed by atoms with Gasteiger partial charge < -0.3 is 5.32 Å². The van der Waals surface area contributed by atoms with Crippen molar-refractivity contribution in [2.24, 2.45) is 0 Å². The van der Waals surface area contributed by atoms with Gasteiger partial charge in [0.05, 0.1) is 11.9 Å². The summed E-state index contributed by atoms with van der Waals surface area (Å²) >= 11 is 0. The van der Waals surface area contributed by atoms with Crippen LogP contribution >= 0.6 is 0 Å². The van der Waals surface area contributed by atoms with E-state index in [4.69, 9.17) is 0 Å². The molecule has 26 heavy (non-hydrogen) atoms. The Kier molecular flexibility index (Phi) is 6.37. The minimum atomic E-state index is -3.72. The van der Waals surface area contributed by atoms with E-state index < -0.39 is 27.8 Å². The monoisotopic (exact) mass is 378 g/mol. The molecule has 0 aliphatic heterocycles. The van der Waals surface area contributed by atoms with Gasteiger partial charge >= 0.3 is 0 Å².